The van der Waals surface area contributed by atoms with Gasteiger partial charge in [-0.2, -0.15) is 4.98 Å². The molecule has 0 spiro atoms. The highest BCUT2D eigenvalue weighted by atomic mass is 35.5. The van der Waals surface area contributed by atoms with E-state index in [9.17, 15) is 4.79 Å². The summed E-state index contributed by atoms with van der Waals surface area (Å²) in [7, 11) is 0. The lowest BCUT2D eigenvalue weighted by Crippen LogP contribution is -2.12. The van der Waals surface area contributed by atoms with Crippen LogP contribution >= 0.6 is 23.4 Å². The number of carbonyl (C=O) groups is 1. The first-order valence-corrected chi connectivity index (χ1v) is 11.3. The average molecular weight is 469 g/mol. The summed E-state index contributed by atoms with van der Waals surface area (Å²) in [6, 6.07) is 13.3. The lowest BCUT2D eigenvalue weighted by atomic mass is 10.1. The molecule has 0 aliphatic carbocycles. The Morgan fingerprint density at radius 3 is 2.62 bits per heavy atom. The normalized spacial score (nSPS) is 11.0. The Morgan fingerprint density at radius 2 is 1.88 bits per heavy atom. The smallest absolute Gasteiger partial charge is 0.227 e. The van der Waals surface area contributed by atoms with E-state index in [2.05, 4.69) is 36.7 Å². The van der Waals surface area contributed by atoms with Crippen LogP contribution in [0.2, 0.25) is 5.02 Å². The minimum absolute atomic E-state index is 0.0976. The summed E-state index contributed by atoms with van der Waals surface area (Å²) in [5.41, 5.74) is 3.89. The van der Waals surface area contributed by atoms with Crippen molar-refractivity contribution in [2.75, 3.05) is 5.32 Å². The number of thioether (sulfide) groups is 1. The molecular weight excluding hydrogens is 448 g/mol. The number of aromatic nitrogens is 5. The number of rotatable bonds is 8. The van der Waals surface area contributed by atoms with E-state index < -0.39 is 0 Å². The number of halogens is 1. The van der Waals surface area contributed by atoms with E-state index in [1.807, 2.05) is 38.1 Å². The van der Waals surface area contributed by atoms with Gasteiger partial charge in [0.1, 0.15) is 0 Å². The van der Waals surface area contributed by atoms with Crippen molar-refractivity contribution in [3.05, 3.63) is 70.3 Å². The lowest BCUT2D eigenvalue weighted by molar-refractivity contribution is -0.116. The molecule has 164 valence electrons. The van der Waals surface area contributed by atoms with Crippen LogP contribution in [0.4, 0.5) is 5.69 Å². The van der Waals surface area contributed by atoms with Gasteiger partial charge in [-0.3, -0.25) is 9.89 Å². The van der Waals surface area contributed by atoms with Gasteiger partial charge in [0, 0.05) is 29.1 Å². The summed E-state index contributed by atoms with van der Waals surface area (Å²) in [6.07, 6.45) is 0.628. The zero-order chi connectivity index (χ0) is 22.5. The van der Waals surface area contributed by atoms with E-state index in [4.69, 9.17) is 16.1 Å². The quantitative estimate of drug-likeness (QED) is 0.350. The fourth-order valence-corrected chi connectivity index (χ4v) is 3.89. The third kappa shape index (κ3) is 5.95. The molecule has 4 rings (SSSR count). The van der Waals surface area contributed by atoms with Crippen LogP contribution in [-0.2, 0) is 17.0 Å². The predicted molar refractivity (Wildman–Crippen MR) is 124 cm³/mol. The minimum Gasteiger partial charge on any atom is -0.339 e. The van der Waals surface area contributed by atoms with Crippen molar-refractivity contribution >= 4 is 35.0 Å². The Kier molecular flexibility index (Phi) is 6.87. The van der Waals surface area contributed by atoms with Crippen LogP contribution in [0.1, 0.15) is 29.3 Å². The molecule has 0 aliphatic rings. The van der Waals surface area contributed by atoms with Crippen molar-refractivity contribution in [2.24, 2.45) is 0 Å². The zero-order valence-electron chi connectivity index (χ0n) is 17.6. The van der Waals surface area contributed by atoms with Gasteiger partial charge in [0.15, 0.2) is 11.6 Å². The largest absolute Gasteiger partial charge is 0.339 e. The molecule has 0 unspecified atom stereocenters. The third-order valence-electron chi connectivity index (χ3n) is 4.49. The second-order valence-corrected chi connectivity index (χ2v) is 8.67. The highest BCUT2D eigenvalue weighted by Gasteiger charge is 2.12. The van der Waals surface area contributed by atoms with Gasteiger partial charge in [0.05, 0.1) is 5.75 Å². The van der Waals surface area contributed by atoms with E-state index in [0.29, 0.717) is 39.9 Å². The lowest BCUT2D eigenvalue weighted by Gasteiger charge is -2.06. The summed E-state index contributed by atoms with van der Waals surface area (Å²) in [4.78, 5) is 21.0. The second kappa shape index (κ2) is 9.97. The molecule has 2 heterocycles. The molecule has 2 aromatic carbocycles. The first-order valence-electron chi connectivity index (χ1n) is 9.95. The highest BCUT2D eigenvalue weighted by molar-refractivity contribution is 7.98. The number of hydrogen-bond donors (Lipinski definition) is 2. The van der Waals surface area contributed by atoms with Crippen molar-refractivity contribution in [3.8, 4) is 11.4 Å². The SMILES string of the molecule is Cc1cc(C)cc(NC(=O)CCc2nc(CSc3n[nH]c(-c4ccc(Cl)cc4)n3)no2)c1. The number of H-pyrrole nitrogens is 1. The first-order chi connectivity index (χ1) is 15.4. The van der Waals surface area contributed by atoms with Crippen molar-refractivity contribution in [1.82, 2.24) is 25.3 Å². The molecule has 0 bridgehead atoms. The van der Waals surface area contributed by atoms with Crippen molar-refractivity contribution < 1.29 is 9.32 Å². The van der Waals surface area contributed by atoms with E-state index in [1.165, 1.54) is 11.8 Å². The molecule has 0 saturated carbocycles. The van der Waals surface area contributed by atoms with Crippen LogP contribution in [0.25, 0.3) is 11.4 Å². The molecule has 2 aromatic heterocycles. The Balaban J connectivity index is 1.26. The van der Waals surface area contributed by atoms with Crippen LogP contribution in [0.5, 0.6) is 0 Å². The minimum atomic E-state index is -0.0976. The number of amides is 1. The predicted octanol–water partition coefficient (Wildman–Crippen LogP) is 4.99. The van der Waals surface area contributed by atoms with E-state index in [0.717, 1.165) is 22.4 Å². The number of aromatic amines is 1. The molecule has 0 atom stereocenters. The molecule has 0 radical (unpaired) electrons. The third-order valence-corrected chi connectivity index (χ3v) is 5.59. The number of carbonyl (C=O) groups excluding carboxylic acids is 1. The molecule has 0 saturated heterocycles. The summed E-state index contributed by atoms with van der Waals surface area (Å²) in [5, 5.41) is 15.2. The number of nitrogens with zero attached hydrogens (tertiary/aromatic N) is 4. The van der Waals surface area contributed by atoms with Crippen molar-refractivity contribution in [1.29, 1.82) is 0 Å². The van der Waals surface area contributed by atoms with E-state index in [-0.39, 0.29) is 12.3 Å². The van der Waals surface area contributed by atoms with Gasteiger partial charge in [-0.1, -0.05) is 34.6 Å². The van der Waals surface area contributed by atoms with Gasteiger partial charge in [-0.15, -0.1) is 5.10 Å². The summed E-state index contributed by atoms with van der Waals surface area (Å²) < 4.78 is 5.26. The van der Waals surface area contributed by atoms with Crippen LogP contribution in [0.15, 0.2) is 52.1 Å². The molecule has 4 aromatic rings. The molecular formula is C22H21ClN6O2S. The molecule has 10 heteroatoms. The standard InChI is InChI=1S/C22H21ClN6O2S/c1-13-9-14(2)11-17(10-13)24-19(30)7-8-20-25-18(29-31-20)12-32-22-26-21(27-28-22)15-3-5-16(23)6-4-15/h3-6,9-11H,7-8,12H2,1-2H3,(H,24,30)(H,26,27,28). The summed E-state index contributed by atoms with van der Waals surface area (Å²) >= 11 is 7.31. The Hall–Kier alpha value is -3.17. The van der Waals surface area contributed by atoms with Gasteiger partial charge in [-0.25, -0.2) is 4.98 Å². The fraction of sp³-hybridized carbons (Fsp3) is 0.227. The Labute approximate surface area is 194 Å². The molecule has 0 aliphatic heterocycles. The van der Waals surface area contributed by atoms with Crippen molar-refractivity contribution in [3.63, 3.8) is 0 Å². The Bertz CT molecular complexity index is 1200. The van der Waals surface area contributed by atoms with Gasteiger partial charge in [0.2, 0.25) is 17.0 Å². The molecule has 0 fully saturated rings. The molecule has 2 N–H and O–H groups in total. The molecule has 1 amide bonds. The second-order valence-electron chi connectivity index (χ2n) is 7.29. The first kappa shape index (κ1) is 22.0. The van der Waals surface area contributed by atoms with Gasteiger partial charge in [0.25, 0.3) is 0 Å². The monoisotopic (exact) mass is 468 g/mol. The van der Waals surface area contributed by atoms with Gasteiger partial charge < -0.3 is 9.84 Å². The van der Waals surface area contributed by atoms with Crippen LogP contribution in [0, 0.1) is 13.8 Å². The van der Waals surface area contributed by atoms with Gasteiger partial charge >= 0.3 is 0 Å². The number of nitrogens with one attached hydrogen (secondary N) is 2. The number of hydrogen-bond acceptors (Lipinski definition) is 7. The van der Waals surface area contributed by atoms with E-state index in [1.54, 1.807) is 12.1 Å². The number of aryl methyl sites for hydroxylation is 3. The van der Waals surface area contributed by atoms with Crippen LogP contribution in [-0.4, -0.2) is 31.2 Å². The van der Waals surface area contributed by atoms with Crippen LogP contribution in [0.3, 0.4) is 0 Å². The highest BCUT2D eigenvalue weighted by Crippen LogP contribution is 2.23. The van der Waals surface area contributed by atoms with E-state index >= 15 is 0 Å². The number of benzene rings is 2. The summed E-state index contributed by atoms with van der Waals surface area (Å²) in [6.45, 7) is 4.00. The Morgan fingerprint density at radius 1 is 1.12 bits per heavy atom. The summed E-state index contributed by atoms with van der Waals surface area (Å²) in [5.74, 6) is 1.97. The maximum Gasteiger partial charge on any atom is 0.227 e. The van der Waals surface area contributed by atoms with Crippen LogP contribution < -0.4 is 5.32 Å². The molecule has 32 heavy (non-hydrogen) atoms. The fourth-order valence-electron chi connectivity index (χ4n) is 3.12. The average Bonchev–Trinajstić information content (AvgIpc) is 3.40. The van der Waals surface area contributed by atoms with Crippen molar-refractivity contribution in [2.45, 2.75) is 37.6 Å². The zero-order valence-corrected chi connectivity index (χ0v) is 19.1. The van der Waals surface area contributed by atoms with Gasteiger partial charge in [-0.05, 0) is 61.4 Å². The maximum atomic E-state index is 12.2. The molecule has 8 nitrogen and oxygen atoms in total. The topological polar surface area (TPSA) is 110 Å². The number of anilines is 1. The maximum absolute atomic E-state index is 12.2.